The van der Waals surface area contributed by atoms with Crippen molar-refractivity contribution in [3.8, 4) is 6.07 Å². The van der Waals surface area contributed by atoms with Gasteiger partial charge in [0.15, 0.2) is 17.8 Å². The maximum Gasteiger partial charge on any atom is 0.279 e. The summed E-state index contributed by atoms with van der Waals surface area (Å²) in [6.45, 7) is 1.88. The number of furan rings is 1. The zero-order valence-electron chi connectivity index (χ0n) is 15.2. The lowest BCUT2D eigenvalue weighted by molar-refractivity contribution is -0.706. The molecule has 0 spiro atoms. The molecule has 0 radical (unpaired) electrons. The highest BCUT2D eigenvalue weighted by Crippen LogP contribution is 2.27. The van der Waals surface area contributed by atoms with E-state index in [0.29, 0.717) is 0 Å². The summed E-state index contributed by atoms with van der Waals surface area (Å²) in [5.74, 6) is 0.712. The molecule has 1 amide bonds. The van der Waals surface area contributed by atoms with E-state index in [0.717, 1.165) is 43.4 Å². The van der Waals surface area contributed by atoms with Crippen LogP contribution in [-0.4, -0.2) is 17.5 Å². The van der Waals surface area contributed by atoms with E-state index in [9.17, 15) is 10.1 Å². The summed E-state index contributed by atoms with van der Waals surface area (Å²) in [6, 6.07) is 15.7. The van der Waals surface area contributed by atoms with Crippen molar-refractivity contribution in [3.05, 3.63) is 60.1 Å². The van der Waals surface area contributed by atoms with Crippen LogP contribution in [0.3, 0.4) is 0 Å². The highest BCUT2D eigenvalue weighted by Gasteiger charge is 2.36. The molecule has 3 rings (SSSR count). The monoisotopic (exact) mass is 352 g/mol. The molecule has 2 atom stereocenters. The first kappa shape index (κ1) is 18.2. The number of rotatable bonds is 6. The zero-order chi connectivity index (χ0) is 18.4. The lowest BCUT2D eigenvalue weighted by atomic mass is 9.82. The zero-order valence-corrected chi connectivity index (χ0v) is 15.2. The number of nitrogens with one attached hydrogen (secondary N) is 1. The highest BCUT2D eigenvalue weighted by atomic mass is 16.3. The molecule has 0 bridgehead atoms. The molecule has 0 aliphatic heterocycles. The Morgan fingerprint density at radius 3 is 2.54 bits per heavy atom. The van der Waals surface area contributed by atoms with Gasteiger partial charge in [0.1, 0.15) is 5.54 Å². The average Bonchev–Trinajstić information content (AvgIpc) is 3.21. The Balaban J connectivity index is 1.72. The molecule has 1 saturated carbocycles. The Bertz CT molecular complexity index is 743. The van der Waals surface area contributed by atoms with Crippen molar-refractivity contribution in [2.45, 2.75) is 56.7 Å². The summed E-state index contributed by atoms with van der Waals surface area (Å²) in [5.41, 5.74) is 0.374. The van der Waals surface area contributed by atoms with Crippen molar-refractivity contribution in [1.29, 1.82) is 5.26 Å². The van der Waals surface area contributed by atoms with Crippen LogP contribution >= 0.6 is 0 Å². The minimum absolute atomic E-state index is 0.0964. The number of hydrogen-bond acceptors (Lipinski definition) is 3. The second kappa shape index (κ2) is 8.20. The Kier molecular flexibility index (Phi) is 5.75. The predicted octanol–water partition coefficient (Wildman–Crippen LogP) is 2.66. The fraction of sp³-hybridized carbons (Fsp3) is 0.429. The van der Waals surface area contributed by atoms with Crippen molar-refractivity contribution in [2.24, 2.45) is 0 Å². The van der Waals surface area contributed by atoms with E-state index in [-0.39, 0.29) is 18.0 Å². The van der Waals surface area contributed by atoms with Gasteiger partial charge in [0.05, 0.1) is 12.3 Å². The number of hydrogen-bond donors (Lipinski definition) is 2. The van der Waals surface area contributed by atoms with Crippen LogP contribution in [0.2, 0.25) is 0 Å². The number of nitrogens with two attached hydrogens (primary N) is 1. The van der Waals surface area contributed by atoms with E-state index in [2.05, 4.69) is 11.4 Å². The predicted molar refractivity (Wildman–Crippen MR) is 98.0 cm³/mol. The molecular formula is C21H26N3O2+. The Hall–Kier alpha value is -2.58. The largest absolute Gasteiger partial charge is 0.463 e. The van der Waals surface area contributed by atoms with E-state index in [4.69, 9.17) is 4.42 Å². The fourth-order valence-corrected chi connectivity index (χ4v) is 3.64. The lowest BCUT2D eigenvalue weighted by Gasteiger charge is -2.32. The maximum atomic E-state index is 12.8. The van der Waals surface area contributed by atoms with Crippen LogP contribution in [0.5, 0.6) is 0 Å². The smallest absolute Gasteiger partial charge is 0.279 e. The van der Waals surface area contributed by atoms with E-state index in [1.54, 1.807) is 6.26 Å². The summed E-state index contributed by atoms with van der Waals surface area (Å²) in [5, 5.41) is 14.6. The van der Waals surface area contributed by atoms with Crippen molar-refractivity contribution in [2.75, 3.05) is 0 Å². The van der Waals surface area contributed by atoms with Gasteiger partial charge < -0.3 is 15.1 Å². The van der Waals surface area contributed by atoms with Crippen LogP contribution in [0.15, 0.2) is 53.1 Å². The number of carbonyl (C=O) groups excluding carboxylic acids is 1. The van der Waals surface area contributed by atoms with Crippen molar-refractivity contribution >= 4 is 5.91 Å². The van der Waals surface area contributed by atoms with Gasteiger partial charge in [-0.3, -0.25) is 4.79 Å². The molecule has 26 heavy (non-hydrogen) atoms. The van der Waals surface area contributed by atoms with Crippen LogP contribution in [0.1, 0.15) is 56.4 Å². The molecular weight excluding hydrogens is 326 g/mol. The van der Waals surface area contributed by atoms with Gasteiger partial charge in [-0.1, -0.05) is 49.6 Å². The summed E-state index contributed by atoms with van der Waals surface area (Å²) in [4.78, 5) is 12.8. The molecule has 0 unspecified atom stereocenters. The number of carbonyl (C=O) groups is 1. The molecule has 5 heteroatoms. The third kappa shape index (κ3) is 4.14. The van der Waals surface area contributed by atoms with Gasteiger partial charge >= 0.3 is 0 Å². The molecule has 2 aromatic rings. The summed E-state index contributed by atoms with van der Waals surface area (Å²) in [7, 11) is 0. The standard InChI is InChI=1S/C21H25N3O2/c1-16(20(25)24-21(15-22)12-6-3-7-13-21)23-19(18-11-8-14-26-18)17-9-4-2-5-10-17/h2,4-5,8-11,14,16,19,23H,3,6-7,12-13H2,1H3,(H,24,25)/p+1/t16-,19-/m0/s1. The topological polar surface area (TPSA) is 82.6 Å². The number of amides is 1. The molecule has 136 valence electrons. The molecule has 1 fully saturated rings. The SMILES string of the molecule is C[C@H]([NH2+][C@@H](c1ccccc1)c1ccco1)C(=O)NC1(C#N)CCCCC1. The molecule has 0 saturated heterocycles. The van der Waals surface area contributed by atoms with Gasteiger partial charge in [-0.15, -0.1) is 0 Å². The number of nitrogens with zero attached hydrogens (tertiary/aromatic N) is 1. The molecule has 1 aromatic heterocycles. The van der Waals surface area contributed by atoms with Gasteiger partial charge in [-0.05, 0) is 31.9 Å². The van der Waals surface area contributed by atoms with E-state index in [1.807, 2.05) is 54.7 Å². The van der Waals surface area contributed by atoms with Crippen molar-refractivity contribution in [3.63, 3.8) is 0 Å². The van der Waals surface area contributed by atoms with Gasteiger partial charge in [0.25, 0.3) is 5.91 Å². The normalized spacial score (nSPS) is 18.5. The summed E-state index contributed by atoms with van der Waals surface area (Å²) < 4.78 is 5.61. The Labute approximate surface area is 154 Å². The van der Waals surface area contributed by atoms with Crippen LogP contribution < -0.4 is 10.6 Å². The van der Waals surface area contributed by atoms with Crippen molar-refractivity contribution in [1.82, 2.24) is 5.32 Å². The van der Waals surface area contributed by atoms with Gasteiger partial charge in [0.2, 0.25) is 0 Å². The number of quaternary nitrogens is 1. The van der Waals surface area contributed by atoms with Gasteiger partial charge in [-0.2, -0.15) is 5.26 Å². The lowest BCUT2D eigenvalue weighted by Crippen LogP contribution is -2.93. The first-order valence-electron chi connectivity index (χ1n) is 9.30. The van der Waals surface area contributed by atoms with Gasteiger partial charge in [-0.25, -0.2) is 0 Å². The van der Waals surface area contributed by atoms with Crippen LogP contribution in [0, 0.1) is 11.3 Å². The summed E-state index contributed by atoms with van der Waals surface area (Å²) in [6.07, 6.45) is 6.24. The second-order valence-electron chi connectivity index (χ2n) is 7.13. The highest BCUT2D eigenvalue weighted by molar-refractivity contribution is 5.81. The van der Waals surface area contributed by atoms with E-state index >= 15 is 0 Å². The molecule has 5 nitrogen and oxygen atoms in total. The maximum absolute atomic E-state index is 12.8. The third-order valence-corrected chi connectivity index (χ3v) is 5.19. The Morgan fingerprint density at radius 2 is 1.92 bits per heavy atom. The minimum Gasteiger partial charge on any atom is -0.463 e. The van der Waals surface area contributed by atoms with Gasteiger partial charge in [0, 0.05) is 5.56 Å². The second-order valence-corrected chi connectivity index (χ2v) is 7.13. The molecule has 1 heterocycles. The number of nitriles is 1. The van der Waals surface area contributed by atoms with Crippen LogP contribution in [-0.2, 0) is 4.79 Å². The van der Waals surface area contributed by atoms with E-state index < -0.39 is 5.54 Å². The Morgan fingerprint density at radius 1 is 1.19 bits per heavy atom. The third-order valence-electron chi connectivity index (χ3n) is 5.19. The number of benzene rings is 1. The minimum atomic E-state index is -0.704. The fourth-order valence-electron chi connectivity index (χ4n) is 3.64. The summed E-state index contributed by atoms with van der Waals surface area (Å²) >= 11 is 0. The molecule has 1 aromatic carbocycles. The van der Waals surface area contributed by atoms with Crippen LogP contribution in [0.4, 0.5) is 0 Å². The molecule has 3 N–H and O–H groups in total. The molecule has 1 aliphatic rings. The first-order chi connectivity index (χ1) is 12.6. The quantitative estimate of drug-likeness (QED) is 0.838. The van der Waals surface area contributed by atoms with E-state index in [1.165, 1.54) is 0 Å². The average molecular weight is 352 g/mol. The van der Waals surface area contributed by atoms with Crippen molar-refractivity contribution < 1.29 is 14.5 Å². The first-order valence-corrected chi connectivity index (χ1v) is 9.30. The van der Waals surface area contributed by atoms with Crippen LogP contribution in [0.25, 0.3) is 0 Å². The molecule has 1 aliphatic carbocycles.